The lowest BCUT2D eigenvalue weighted by molar-refractivity contribution is 0.265. The molecule has 2 rings (SSSR count). The van der Waals surface area contributed by atoms with Gasteiger partial charge in [0.15, 0.2) is 11.5 Å². The monoisotopic (exact) mass is 351 g/mol. The van der Waals surface area contributed by atoms with Gasteiger partial charge in [0, 0.05) is 16.2 Å². The van der Waals surface area contributed by atoms with Gasteiger partial charge in [0.2, 0.25) is 0 Å². The van der Waals surface area contributed by atoms with E-state index in [0.717, 1.165) is 10.2 Å². The smallest absolute Gasteiger partial charge is 0.253 e. The number of halogens is 1. The van der Waals surface area contributed by atoms with Crippen LogP contribution in [0.1, 0.15) is 12.5 Å². The van der Waals surface area contributed by atoms with Crippen molar-refractivity contribution < 1.29 is 9.47 Å². The Morgan fingerprint density at radius 3 is 2.52 bits per heavy atom. The molecule has 0 saturated carbocycles. The number of benzene rings is 1. The fourth-order valence-corrected chi connectivity index (χ4v) is 2.59. The number of aryl methyl sites for hydroxylation is 1. The number of aromatic nitrogens is 1. The van der Waals surface area contributed by atoms with E-state index in [1.165, 1.54) is 0 Å². The summed E-state index contributed by atoms with van der Waals surface area (Å²) in [6, 6.07) is 9.34. The number of rotatable bonds is 6. The number of para-hydroxylation sites is 2. The van der Waals surface area contributed by atoms with E-state index in [4.69, 9.17) is 9.47 Å². The summed E-state index contributed by atoms with van der Waals surface area (Å²) in [4.78, 5) is 12.0. The molecule has 0 spiro atoms. The predicted molar refractivity (Wildman–Crippen MR) is 86.2 cm³/mol. The summed E-state index contributed by atoms with van der Waals surface area (Å²) < 4.78 is 13.8. The van der Waals surface area contributed by atoms with Gasteiger partial charge in [-0.1, -0.05) is 12.1 Å². The van der Waals surface area contributed by atoms with Crippen LogP contribution >= 0.6 is 15.9 Å². The summed E-state index contributed by atoms with van der Waals surface area (Å²) in [6.07, 6.45) is 1.77. The van der Waals surface area contributed by atoms with Crippen LogP contribution in [0.4, 0.5) is 0 Å². The number of hydrogen-bond donors (Lipinski definition) is 0. The third kappa shape index (κ3) is 4.11. The van der Waals surface area contributed by atoms with Crippen molar-refractivity contribution in [3.8, 4) is 11.5 Å². The van der Waals surface area contributed by atoms with Crippen molar-refractivity contribution in [2.24, 2.45) is 0 Å². The van der Waals surface area contributed by atoms with Crippen LogP contribution in [0.25, 0.3) is 0 Å². The Morgan fingerprint density at radius 1 is 1.19 bits per heavy atom. The van der Waals surface area contributed by atoms with E-state index in [0.29, 0.717) is 31.1 Å². The number of hydrogen-bond acceptors (Lipinski definition) is 3. The van der Waals surface area contributed by atoms with Gasteiger partial charge < -0.3 is 14.0 Å². The van der Waals surface area contributed by atoms with Gasteiger partial charge in [-0.3, -0.25) is 4.79 Å². The highest BCUT2D eigenvalue weighted by Gasteiger charge is 2.05. The molecular formula is C16H18BrNO3. The van der Waals surface area contributed by atoms with E-state index in [1.807, 2.05) is 37.3 Å². The fraction of sp³-hybridized carbons (Fsp3) is 0.312. The SMILES string of the molecule is CCOc1ccccc1OCCn1cc(Br)cc(C)c1=O. The molecule has 0 saturated heterocycles. The van der Waals surface area contributed by atoms with Crippen molar-refractivity contribution in [3.63, 3.8) is 0 Å². The minimum Gasteiger partial charge on any atom is -0.490 e. The lowest BCUT2D eigenvalue weighted by Gasteiger charge is -2.12. The number of pyridine rings is 1. The molecular weight excluding hydrogens is 334 g/mol. The molecule has 2 aromatic rings. The Labute approximate surface area is 132 Å². The van der Waals surface area contributed by atoms with Gasteiger partial charge in [-0.25, -0.2) is 0 Å². The standard InChI is InChI=1S/C16H18BrNO3/c1-3-20-14-6-4-5-7-15(14)21-9-8-18-11-13(17)10-12(2)16(18)19/h4-7,10-11H,3,8-9H2,1-2H3. The topological polar surface area (TPSA) is 40.5 Å². The zero-order valence-electron chi connectivity index (χ0n) is 12.1. The van der Waals surface area contributed by atoms with Crippen molar-refractivity contribution in [2.45, 2.75) is 20.4 Å². The van der Waals surface area contributed by atoms with Gasteiger partial charge >= 0.3 is 0 Å². The van der Waals surface area contributed by atoms with E-state index in [2.05, 4.69) is 15.9 Å². The Hall–Kier alpha value is -1.75. The van der Waals surface area contributed by atoms with Crippen LogP contribution in [0.3, 0.4) is 0 Å². The molecule has 0 aliphatic carbocycles. The van der Waals surface area contributed by atoms with Gasteiger partial charge in [-0.15, -0.1) is 0 Å². The summed E-state index contributed by atoms with van der Waals surface area (Å²) in [5.74, 6) is 1.41. The van der Waals surface area contributed by atoms with Crippen molar-refractivity contribution in [1.29, 1.82) is 0 Å². The molecule has 0 N–H and O–H groups in total. The summed E-state index contributed by atoms with van der Waals surface area (Å²) in [6.45, 7) is 5.21. The molecule has 4 nitrogen and oxygen atoms in total. The maximum Gasteiger partial charge on any atom is 0.253 e. The van der Waals surface area contributed by atoms with Crippen LogP contribution in [-0.2, 0) is 6.54 Å². The first-order valence-electron chi connectivity index (χ1n) is 6.83. The lowest BCUT2D eigenvalue weighted by Crippen LogP contribution is -2.24. The predicted octanol–water partition coefficient (Wildman–Crippen LogP) is 3.40. The molecule has 1 aromatic carbocycles. The first-order chi connectivity index (χ1) is 10.1. The van der Waals surface area contributed by atoms with Gasteiger partial charge in [0.05, 0.1) is 13.2 Å². The molecule has 0 bridgehead atoms. The molecule has 0 atom stereocenters. The first kappa shape index (κ1) is 15.6. The van der Waals surface area contributed by atoms with E-state index in [9.17, 15) is 4.79 Å². The molecule has 5 heteroatoms. The van der Waals surface area contributed by atoms with Crippen LogP contribution in [-0.4, -0.2) is 17.8 Å². The summed E-state index contributed by atoms with van der Waals surface area (Å²) in [5, 5.41) is 0. The molecule has 1 aromatic heterocycles. The van der Waals surface area contributed by atoms with Crippen LogP contribution in [0, 0.1) is 6.92 Å². The van der Waals surface area contributed by atoms with Gasteiger partial charge in [0.1, 0.15) is 6.61 Å². The van der Waals surface area contributed by atoms with Crippen molar-refractivity contribution in [2.75, 3.05) is 13.2 Å². The van der Waals surface area contributed by atoms with Crippen LogP contribution in [0.15, 0.2) is 45.8 Å². The maximum absolute atomic E-state index is 12.0. The minimum atomic E-state index is -0.0000988. The summed E-state index contributed by atoms with van der Waals surface area (Å²) in [7, 11) is 0. The Kier molecular flexibility index (Phi) is 5.44. The van der Waals surface area contributed by atoms with Gasteiger partial charge in [-0.05, 0) is 48.0 Å². The van der Waals surface area contributed by atoms with Gasteiger partial charge in [0.25, 0.3) is 5.56 Å². The summed E-state index contributed by atoms with van der Waals surface area (Å²) in [5.41, 5.74) is 0.707. The molecule has 0 aliphatic rings. The maximum atomic E-state index is 12.0. The van der Waals surface area contributed by atoms with E-state index < -0.39 is 0 Å². The zero-order valence-corrected chi connectivity index (χ0v) is 13.7. The fourth-order valence-electron chi connectivity index (χ4n) is 2.00. The number of ether oxygens (including phenoxy) is 2. The second-order valence-electron chi connectivity index (χ2n) is 4.57. The van der Waals surface area contributed by atoms with Crippen LogP contribution in [0.2, 0.25) is 0 Å². The molecule has 21 heavy (non-hydrogen) atoms. The second-order valence-corrected chi connectivity index (χ2v) is 5.48. The van der Waals surface area contributed by atoms with Crippen molar-refractivity contribution in [3.05, 3.63) is 56.9 Å². The van der Waals surface area contributed by atoms with E-state index in [-0.39, 0.29) is 5.56 Å². The molecule has 112 valence electrons. The molecule has 0 radical (unpaired) electrons. The highest BCUT2D eigenvalue weighted by atomic mass is 79.9. The largest absolute Gasteiger partial charge is 0.490 e. The Bertz CT molecular complexity index is 667. The first-order valence-corrected chi connectivity index (χ1v) is 7.62. The average Bonchev–Trinajstić information content (AvgIpc) is 2.46. The zero-order chi connectivity index (χ0) is 15.2. The van der Waals surface area contributed by atoms with Crippen molar-refractivity contribution in [1.82, 2.24) is 4.57 Å². The third-order valence-electron chi connectivity index (χ3n) is 2.97. The molecule has 1 heterocycles. The van der Waals surface area contributed by atoms with E-state index >= 15 is 0 Å². The molecule has 0 unspecified atom stereocenters. The summed E-state index contributed by atoms with van der Waals surface area (Å²) >= 11 is 3.40. The van der Waals surface area contributed by atoms with Gasteiger partial charge in [-0.2, -0.15) is 0 Å². The van der Waals surface area contributed by atoms with Crippen LogP contribution < -0.4 is 15.0 Å². The van der Waals surface area contributed by atoms with E-state index in [1.54, 1.807) is 17.7 Å². The lowest BCUT2D eigenvalue weighted by atomic mass is 10.3. The molecule has 0 aliphatic heterocycles. The quantitative estimate of drug-likeness (QED) is 0.800. The van der Waals surface area contributed by atoms with Crippen LogP contribution in [0.5, 0.6) is 11.5 Å². The molecule has 0 fully saturated rings. The highest BCUT2D eigenvalue weighted by Crippen LogP contribution is 2.26. The second kappa shape index (κ2) is 7.31. The normalized spacial score (nSPS) is 10.4. The number of nitrogens with zero attached hydrogens (tertiary/aromatic N) is 1. The molecule has 0 amide bonds. The average molecular weight is 352 g/mol. The highest BCUT2D eigenvalue weighted by molar-refractivity contribution is 9.10. The minimum absolute atomic E-state index is 0.0000988. The Morgan fingerprint density at radius 2 is 1.86 bits per heavy atom. The Balaban J connectivity index is 2.04. The third-order valence-corrected chi connectivity index (χ3v) is 3.40. The van der Waals surface area contributed by atoms with Crippen molar-refractivity contribution >= 4 is 15.9 Å².